The Hall–Kier alpha value is -2.17. The summed E-state index contributed by atoms with van der Waals surface area (Å²) in [5.41, 5.74) is 5.66. The van der Waals surface area contributed by atoms with Gasteiger partial charge in [0.25, 0.3) is 0 Å². The fourth-order valence-electron chi connectivity index (χ4n) is 1.49. The summed E-state index contributed by atoms with van der Waals surface area (Å²) in [6.45, 7) is 3.48. The van der Waals surface area contributed by atoms with Crippen LogP contribution in [0.3, 0.4) is 0 Å². The first-order valence-corrected chi connectivity index (χ1v) is 5.47. The maximum Gasteiger partial charge on any atom is 0.240 e. The lowest BCUT2D eigenvalue weighted by Crippen LogP contribution is -2.44. The summed E-state index contributed by atoms with van der Waals surface area (Å²) in [4.78, 5) is 22.7. The quantitative estimate of drug-likeness (QED) is 0.737. The summed E-state index contributed by atoms with van der Waals surface area (Å²) >= 11 is 0. The Morgan fingerprint density at radius 3 is 2.78 bits per heavy atom. The van der Waals surface area contributed by atoms with Crippen molar-refractivity contribution < 1.29 is 14.0 Å². The Balaban J connectivity index is 2.60. The molecule has 4 nitrogen and oxygen atoms in total. The molecule has 0 fully saturated rings. The van der Waals surface area contributed by atoms with Gasteiger partial charge in [0.15, 0.2) is 0 Å². The fraction of sp³-hybridized carbons (Fsp3) is 0.231. The summed E-state index contributed by atoms with van der Waals surface area (Å²) in [7, 11) is 0. The van der Waals surface area contributed by atoms with E-state index >= 15 is 0 Å². The van der Waals surface area contributed by atoms with Crippen molar-refractivity contribution in [2.24, 2.45) is 5.73 Å². The fourth-order valence-corrected chi connectivity index (χ4v) is 1.49. The monoisotopic (exact) mass is 250 g/mol. The van der Waals surface area contributed by atoms with E-state index in [1.165, 1.54) is 24.3 Å². The van der Waals surface area contributed by atoms with Gasteiger partial charge in [-0.25, -0.2) is 4.39 Å². The van der Waals surface area contributed by atoms with E-state index in [-0.39, 0.29) is 18.7 Å². The second-order valence-corrected chi connectivity index (χ2v) is 3.85. The molecule has 1 aromatic carbocycles. The van der Waals surface area contributed by atoms with E-state index in [1.807, 2.05) is 0 Å². The first kappa shape index (κ1) is 13.9. The van der Waals surface area contributed by atoms with Crippen LogP contribution >= 0.6 is 0 Å². The molecule has 5 heteroatoms. The van der Waals surface area contributed by atoms with Crippen molar-refractivity contribution in [2.75, 3.05) is 0 Å². The number of primary amides is 1. The highest BCUT2D eigenvalue weighted by Crippen LogP contribution is 2.04. The van der Waals surface area contributed by atoms with Crippen molar-refractivity contribution in [3.63, 3.8) is 0 Å². The van der Waals surface area contributed by atoms with Crippen LogP contribution in [0.2, 0.25) is 0 Å². The summed E-state index contributed by atoms with van der Waals surface area (Å²) < 4.78 is 12.9. The molecule has 0 saturated carbocycles. The Morgan fingerprint density at radius 2 is 2.22 bits per heavy atom. The van der Waals surface area contributed by atoms with E-state index in [0.717, 1.165) is 0 Å². The van der Waals surface area contributed by atoms with E-state index in [4.69, 9.17) is 5.73 Å². The molecule has 0 aliphatic carbocycles. The number of halogens is 1. The van der Waals surface area contributed by atoms with Crippen molar-refractivity contribution in [1.29, 1.82) is 0 Å². The highest BCUT2D eigenvalue weighted by molar-refractivity contribution is 5.87. The first-order chi connectivity index (χ1) is 8.52. The third-order valence-electron chi connectivity index (χ3n) is 2.33. The predicted octanol–water partition coefficient (Wildman–Crippen LogP) is 0.914. The average molecular weight is 250 g/mol. The molecule has 0 bridgehead atoms. The number of carbonyl (C=O) groups excluding carboxylic acids is 2. The molecule has 0 spiro atoms. The van der Waals surface area contributed by atoms with Gasteiger partial charge in [-0.15, -0.1) is 6.58 Å². The molecule has 1 aromatic rings. The molecule has 0 aromatic heterocycles. The molecule has 0 saturated heterocycles. The Labute approximate surface area is 105 Å². The lowest BCUT2D eigenvalue weighted by molar-refractivity contribution is -0.126. The average Bonchev–Trinajstić information content (AvgIpc) is 2.28. The zero-order valence-electron chi connectivity index (χ0n) is 9.86. The molecule has 0 heterocycles. The lowest BCUT2D eigenvalue weighted by Gasteiger charge is -2.13. The Kier molecular flexibility index (Phi) is 5.05. The molecular formula is C13H15FN2O2. The maximum absolute atomic E-state index is 12.9. The number of rotatable bonds is 6. The number of hydrogen-bond donors (Lipinski definition) is 2. The normalized spacial score (nSPS) is 11.6. The first-order valence-electron chi connectivity index (χ1n) is 5.47. The summed E-state index contributed by atoms with van der Waals surface area (Å²) in [6, 6.07) is 4.95. The SMILES string of the molecule is C=CC[C@H](NC(=O)Cc1cccc(F)c1)C(N)=O. The van der Waals surface area contributed by atoms with Gasteiger partial charge in [-0.3, -0.25) is 9.59 Å². The van der Waals surface area contributed by atoms with E-state index in [1.54, 1.807) is 6.07 Å². The van der Waals surface area contributed by atoms with Gasteiger partial charge in [0, 0.05) is 0 Å². The Morgan fingerprint density at radius 1 is 1.50 bits per heavy atom. The van der Waals surface area contributed by atoms with Crippen LogP contribution in [0.25, 0.3) is 0 Å². The molecule has 0 unspecified atom stereocenters. The minimum atomic E-state index is -0.774. The van der Waals surface area contributed by atoms with Gasteiger partial charge >= 0.3 is 0 Å². The van der Waals surface area contributed by atoms with Crippen molar-refractivity contribution in [2.45, 2.75) is 18.9 Å². The number of nitrogens with two attached hydrogens (primary N) is 1. The van der Waals surface area contributed by atoms with Crippen molar-refractivity contribution in [3.05, 3.63) is 48.3 Å². The van der Waals surface area contributed by atoms with Crippen molar-refractivity contribution >= 4 is 11.8 Å². The molecule has 2 amide bonds. The molecule has 0 radical (unpaired) electrons. The molecule has 18 heavy (non-hydrogen) atoms. The van der Waals surface area contributed by atoms with Crippen LogP contribution < -0.4 is 11.1 Å². The second kappa shape index (κ2) is 6.54. The van der Waals surface area contributed by atoms with Gasteiger partial charge in [0.2, 0.25) is 11.8 Å². The second-order valence-electron chi connectivity index (χ2n) is 3.85. The van der Waals surface area contributed by atoms with Gasteiger partial charge < -0.3 is 11.1 Å². The lowest BCUT2D eigenvalue weighted by atomic mass is 10.1. The molecule has 3 N–H and O–H groups in total. The Bertz CT molecular complexity index is 460. The van der Waals surface area contributed by atoms with Crippen molar-refractivity contribution in [3.8, 4) is 0 Å². The van der Waals surface area contributed by atoms with Gasteiger partial charge in [0.1, 0.15) is 11.9 Å². The van der Waals surface area contributed by atoms with E-state index < -0.39 is 17.8 Å². The molecule has 1 rings (SSSR count). The van der Waals surface area contributed by atoms with Gasteiger partial charge in [0.05, 0.1) is 6.42 Å². The van der Waals surface area contributed by atoms with Crippen LogP contribution in [0, 0.1) is 5.82 Å². The predicted molar refractivity (Wildman–Crippen MR) is 66.0 cm³/mol. The highest BCUT2D eigenvalue weighted by Gasteiger charge is 2.16. The molecule has 0 aliphatic heterocycles. The van der Waals surface area contributed by atoms with Crippen LogP contribution in [0.4, 0.5) is 4.39 Å². The van der Waals surface area contributed by atoms with E-state index in [0.29, 0.717) is 5.56 Å². The summed E-state index contributed by atoms with van der Waals surface area (Å²) in [6.07, 6.45) is 1.76. The number of benzene rings is 1. The third kappa shape index (κ3) is 4.37. The number of amides is 2. The van der Waals surface area contributed by atoms with E-state index in [2.05, 4.69) is 11.9 Å². The largest absolute Gasteiger partial charge is 0.368 e. The summed E-state index contributed by atoms with van der Waals surface area (Å²) in [5.74, 6) is -1.41. The van der Waals surface area contributed by atoms with Crippen LogP contribution in [0.15, 0.2) is 36.9 Å². The topological polar surface area (TPSA) is 72.2 Å². The van der Waals surface area contributed by atoms with Crippen molar-refractivity contribution in [1.82, 2.24) is 5.32 Å². The van der Waals surface area contributed by atoms with Crippen LogP contribution in [0.5, 0.6) is 0 Å². The van der Waals surface area contributed by atoms with Crippen LogP contribution in [-0.4, -0.2) is 17.9 Å². The number of carbonyl (C=O) groups is 2. The molecule has 96 valence electrons. The smallest absolute Gasteiger partial charge is 0.240 e. The highest BCUT2D eigenvalue weighted by atomic mass is 19.1. The van der Waals surface area contributed by atoms with Gasteiger partial charge in [-0.1, -0.05) is 18.2 Å². The zero-order valence-corrected chi connectivity index (χ0v) is 9.86. The summed E-state index contributed by atoms with van der Waals surface area (Å²) in [5, 5.41) is 2.48. The van der Waals surface area contributed by atoms with Gasteiger partial charge in [-0.2, -0.15) is 0 Å². The molecule has 0 aliphatic rings. The van der Waals surface area contributed by atoms with Crippen LogP contribution in [-0.2, 0) is 16.0 Å². The standard InChI is InChI=1S/C13H15FN2O2/c1-2-4-11(13(15)18)16-12(17)8-9-5-3-6-10(14)7-9/h2-3,5-7,11H,1,4,8H2,(H2,15,18)(H,16,17)/t11-/m0/s1. The number of nitrogens with one attached hydrogen (secondary N) is 1. The third-order valence-corrected chi connectivity index (χ3v) is 2.33. The minimum absolute atomic E-state index is 0.00131. The van der Waals surface area contributed by atoms with E-state index in [9.17, 15) is 14.0 Å². The minimum Gasteiger partial charge on any atom is -0.368 e. The number of hydrogen-bond acceptors (Lipinski definition) is 2. The van der Waals surface area contributed by atoms with Crippen LogP contribution in [0.1, 0.15) is 12.0 Å². The molecular weight excluding hydrogens is 235 g/mol. The van der Waals surface area contributed by atoms with Gasteiger partial charge in [-0.05, 0) is 24.1 Å². The molecule has 1 atom stereocenters. The maximum atomic E-state index is 12.9. The zero-order chi connectivity index (χ0) is 13.5.